The van der Waals surface area contributed by atoms with Gasteiger partial charge < -0.3 is 4.74 Å². The first-order chi connectivity index (χ1) is 10.8. The summed E-state index contributed by atoms with van der Waals surface area (Å²) in [5, 5.41) is 4.43. The van der Waals surface area contributed by atoms with E-state index in [9.17, 15) is 4.79 Å². The number of rotatable bonds is 4. The molecule has 3 rings (SSSR count). The lowest BCUT2D eigenvalue weighted by atomic mass is 10.1. The van der Waals surface area contributed by atoms with Crippen LogP contribution in [0.3, 0.4) is 0 Å². The number of benzene rings is 1. The van der Waals surface area contributed by atoms with Crippen molar-refractivity contribution in [2.24, 2.45) is 0 Å². The molecule has 5 nitrogen and oxygen atoms in total. The van der Waals surface area contributed by atoms with E-state index in [-0.39, 0.29) is 5.56 Å². The van der Waals surface area contributed by atoms with Gasteiger partial charge in [0, 0.05) is 24.0 Å². The highest BCUT2D eigenvalue weighted by atomic mass is 16.5. The molecule has 0 bridgehead atoms. The lowest BCUT2D eigenvalue weighted by molar-refractivity contribution is 0.415. The predicted molar refractivity (Wildman–Crippen MR) is 83.8 cm³/mol. The Kier molecular flexibility index (Phi) is 3.96. The molecule has 0 fully saturated rings. The molecule has 0 N–H and O–H groups in total. The molecule has 22 heavy (non-hydrogen) atoms. The summed E-state index contributed by atoms with van der Waals surface area (Å²) in [5.74, 6) is 0.754. The van der Waals surface area contributed by atoms with Crippen LogP contribution in [0.15, 0.2) is 65.7 Å². The third kappa shape index (κ3) is 3.03. The van der Waals surface area contributed by atoms with E-state index in [1.165, 1.54) is 10.7 Å². The molecule has 0 saturated carbocycles. The molecule has 3 aromatic rings. The van der Waals surface area contributed by atoms with Crippen molar-refractivity contribution in [2.45, 2.75) is 6.54 Å². The van der Waals surface area contributed by atoms with Crippen LogP contribution in [-0.4, -0.2) is 21.9 Å². The smallest absolute Gasteiger partial charge is 0.267 e. The minimum atomic E-state index is -0.143. The minimum absolute atomic E-state index is 0.143. The number of nitrogens with zero attached hydrogens (tertiary/aromatic N) is 3. The van der Waals surface area contributed by atoms with Gasteiger partial charge in [0.05, 0.1) is 19.3 Å². The summed E-state index contributed by atoms with van der Waals surface area (Å²) in [5.41, 5.74) is 2.41. The van der Waals surface area contributed by atoms with Gasteiger partial charge in [-0.3, -0.25) is 9.78 Å². The molecular weight excluding hydrogens is 278 g/mol. The zero-order chi connectivity index (χ0) is 15.4. The molecule has 5 heteroatoms. The zero-order valence-electron chi connectivity index (χ0n) is 12.1. The summed E-state index contributed by atoms with van der Waals surface area (Å²) >= 11 is 0. The summed E-state index contributed by atoms with van der Waals surface area (Å²) in [7, 11) is 1.62. The first-order valence-electron chi connectivity index (χ1n) is 6.88. The van der Waals surface area contributed by atoms with E-state index in [0.29, 0.717) is 6.54 Å². The van der Waals surface area contributed by atoms with Gasteiger partial charge in [-0.15, -0.1) is 0 Å². The molecule has 0 atom stereocenters. The summed E-state index contributed by atoms with van der Waals surface area (Å²) in [6.45, 7) is 0.393. The van der Waals surface area contributed by atoms with Gasteiger partial charge in [0.2, 0.25) is 0 Å². The summed E-state index contributed by atoms with van der Waals surface area (Å²) in [4.78, 5) is 16.0. The third-order valence-corrected chi connectivity index (χ3v) is 3.29. The fraction of sp³-hybridized carbons (Fsp3) is 0.118. The quantitative estimate of drug-likeness (QED) is 0.741. The Hall–Kier alpha value is -2.95. The monoisotopic (exact) mass is 293 g/mol. The Morgan fingerprint density at radius 2 is 2.05 bits per heavy atom. The maximum atomic E-state index is 12.0. The van der Waals surface area contributed by atoms with Crippen molar-refractivity contribution in [1.29, 1.82) is 0 Å². The average molecular weight is 293 g/mol. The summed E-state index contributed by atoms with van der Waals surface area (Å²) in [6, 6.07) is 14.6. The maximum Gasteiger partial charge on any atom is 0.267 e. The normalized spacial score (nSPS) is 10.4. The first-order valence-corrected chi connectivity index (χ1v) is 6.88. The molecule has 0 aliphatic carbocycles. The van der Waals surface area contributed by atoms with Crippen molar-refractivity contribution < 1.29 is 4.74 Å². The Morgan fingerprint density at radius 3 is 2.82 bits per heavy atom. The highest BCUT2D eigenvalue weighted by Crippen LogP contribution is 2.21. The van der Waals surface area contributed by atoms with Crippen molar-refractivity contribution in [3.05, 3.63) is 76.8 Å². The van der Waals surface area contributed by atoms with Gasteiger partial charge in [0.1, 0.15) is 5.75 Å². The lowest BCUT2D eigenvalue weighted by Crippen LogP contribution is -2.22. The van der Waals surface area contributed by atoms with Crippen molar-refractivity contribution in [3.63, 3.8) is 0 Å². The number of hydrogen-bond acceptors (Lipinski definition) is 4. The number of pyridine rings is 1. The van der Waals surface area contributed by atoms with Crippen LogP contribution >= 0.6 is 0 Å². The molecule has 110 valence electrons. The number of methoxy groups -OCH3 is 1. The molecule has 0 aliphatic rings. The number of ether oxygens (including phenoxy) is 1. The highest BCUT2D eigenvalue weighted by Gasteiger charge is 2.05. The Balaban J connectivity index is 1.97. The van der Waals surface area contributed by atoms with Crippen molar-refractivity contribution >= 4 is 0 Å². The SMILES string of the molecule is COc1cccc(-c2ccc(=O)n(Cc3cccnc3)n2)c1. The number of hydrogen-bond donors (Lipinski definition) is 0. The van der Waals surface area contributed by atoms with Gasteiger partial charge in [-0.1, -0.05) is 18.2 Å². The van der Waals surface area contributed by atoms with Gasteiger partial charge >= 0.3 is 0 Å². The molecule has 0 radical (unpaired) electrons. The van der Waals surface area contributed by atoms with Crippen molar-refractivity contribution in [3.8, 4) is 17.0 Å². The first kappa shape index (κ1) is 14.0. The van der Waals surface area contributed by atoms with Gasteiger partial charge in [0.25, 0.3) is 5.56 Å². The predicted octanol–water partition coefficient (Wildman–Crippen LogP) is 2.36. The Bertz CT molecular complexity index is 829. The third-order valence-electron chi connectivity index (χ3n) is 3.29. The van der Waals surface area contributed by atoms with E-state index in [1.54, 1.807) is 25.6 Å². The van der Waals surface area contributed by atoms with Crippen LogP contribution in [0.5, 0.6) is 5.75 Å². The van der Waals surface area contributed by atoms with Crippen LogP contribution in [-0.2, 0) is 6.54 Å². The second-order valence-corrected chi connectivity index (χ2v) is 4.81. The molecule has 0 unspecified atom stereocenters. The Morgan fingerprint density at radius 1 is 1.14 bits per heavy atom. The fourth-order valence-electron chi connectivity index (χ4n) is 2.16. The fourth-order valence-corrected chi connectivity index (χ4v) is 2.16. The van der Waals surface area contributed by atoms with Crippen LogP contribution in [0.2, 0.25) is 0 Å². The molecule has 0 spiro atoms. The van der Waals surface area contributed by atoms with Crippen LogP contribution in [0, 0.1) is 0 Å². The maximum absolute atomic E-state index is 12.0. The summed E-state index contributed by atoms with van der Waals surface area (Å²) < 4.78 is 6.66. The molecule has 1 aromatic carbocycles. The van der Waals surface area contributed by atoms with Crippen LogP contribution in [0.25, 0.3) is 11.3 Å². The second-order valence-electron chi connectivity index (χ2n) is 4.81. The lowest BCUT2D eigenvalue weighted by Gasteiger charge is -2.08. The van der Waals surface area contributed by atoms with E-state index < -0.39 is 0 Å². The van der Waals surface area contributed by atoms with Gasteiger partial charge in [-0.05, 0) is 29.8 Å². The van der Waals surface area contributed by atoms with E-state index in [1.807, 2.05) is 36.4 Å². The topological polar surface area (TPSA) is 57.0 Å². The second kappa shape index (κ2) is 6.22. The van der Waals surface area contributed by atoms with E-state index in [0.717, 1.165) is 22.6 Å². The molecule has 0 amide bonds. The van der Waals surface area contributed by atoms with Gasteiger partial charge in [0.15, 0.2) is 0 Å². The highest BCUT2D eigenvalue weighted by molar-refractivity contribution is 5.60. The van der Waals surface area contributed by atoms with Crippen molar-refractivity contribution in [2.75, 3.05) is 7.11 Å². The zero-order valence-corrected chi connectivity index (χ0v) is 12.1. The van der Waals surface area contributed by atoms with Crippen molar-refractivity contribution in [1.82, 2.24) is 14.8 Å². The van der Waals surface area contributed by atoms with E-state index in [2.05, 4.69) is 10.1 Å². The molecule has 0 saturated heterocycles. The van der Waals surface area contributed by atoms with Gasteiger partial charge in [-0.25, -0.2) is 4.68 Å². The molecule has 0 aliphatic heterocycles. The van der Waals surface area contributed by atoms with E-state index in [4.69, 9.17) is 4.74 Å². The average Bonchev–Trinajstić information content (AvgIpc) is 2.58. The largest absolute Gasteiger partial charge is 0.497 e. The minimum Gasteiger partial charge on any atom is -0.497 e. The van der Waals surface area contributed by atoms with E-state index >= 15 is 0 Å². The molecule has 2 aromatic heterocycles. The van der Waals surface area contributed by atoms with Crippen LogP contribution in [0.4, 0.5) is 0 Å². The molecule has 2 heterocycles. The number of aromatic nitrogens is 3. The summed E-state index contributed by atoms with van der Waals surface area (Å²) in [6.07, 6.45) is 3.43. The Labute approximate surface area is 127 Å². The van der Waals surface area contributed by atoms with Gasteiger partial charge in [-0.2, -0.15) is 5.10 Å². The standard InChI is InChI=1S/C17H15N3O2/c1-22-15-6-2-5-14(10-15)16-7-8-17(21)20(19-16)12-13-4-3-9-18-11-13/h2-11H,12H2,1H3. The van der Waals surface area contributed by atoms with Crippen LogP contribution in [0.1, 0.15) is 5.56 Å². The van der Waals surface area contributed by atoms with Crippen LogP contribution < -0.4 is 10.3 Å². The molecular formula is C17H15N3O2.